The van der Waals surface area contributed by atoms with Crippen LogP contribution < -0.4 is 5.32 Å². The van der Waals surface area contributed by atoms with E-state index >= 15 is 0 Å². The molecule has 3 nitrogen and oxygen atoms in total. The molecule has 0 unspecified atom stereocenters. The highest BCUT2D eigenvalue weighted by molar-refractivity contribution is 8.00. The number of hydrogen-bond donors (Lipinski definition) is 1. The van der Waals surface area contributed by atoms with Crippen molar-refractivity contribution in [3.8, 4) is 0 Å². The zero-order valence-electron chi connectivity index (χ0n) is 15.4. The highest BCUT2D eigenvalue weighted by Crippen LogP contribution is 2.36. The molecule has 146 valence electrons. The Bertz CT molecular complexity index is 1170. The smallest absolute Gasteiger partial charge is 0.255 e. The van der Waals surface area contributed by atoms with Crippen molar-refractivity contribution in [1.82, 2.24) is 4.98 Å². The van der Waals surface area contributed by atoms with Crippen molar-refractivity contribution in [1.29, 1.82) is 0 Å². The number of benzene rings is 3. The largest absolute Gasteiger partial charge is 0.322 e. The van der Waals surface area contributed by atoms with E-state index < -0.39 is 0 Å². The summed E-state index contributed by atoms with van der Waals surface area (Å²) in [4.78, 5) is 17.1. The average molecular weight is 459 g/mol. The second kappa shape index (κ2) is 8.76. The van der Waals surface area contributed by atoms with E-state index in [4.69, 9.17) is 23.2 Å². The number of anilines is 1. The zero-order chi connectivity index (χ0) is 20.4. The number of halogens is 2. The molecule has 0 saturated heterocycles. The van der Waals surface area contributed by atoms with Crippen molar-refractivity contribution in [2.75, 3.05) is 5.32 Å². The number of aryl methyl sites for hydroxylation is 1. The molecular formula is C22H16Cl2N2OS2. The molecule has 0 aliphatic heterocycles. The molecule has 4 rings (SSSR count). The lowest BCUT2D eigenvalue weighted by Gasteiger charge is -2.05. The fourth-order valence-corrected chi connectivity index (χ4v) is 5.60. The summed E-state index contributed by atoms with van der Waals surface area (Å²) in [5.74, 6) is 0.520. The van der Waals surface area contributed by atoms with Gasteiger partial charge in [0.25, 0.3) is 5.91 Å². The van der Waals surface area contributed by atoms with Gasteiger partial charge in [0.1, 0.15) is 0 Å². The normalized spacial score (nSPS) is 11.0. The maximum atomic E-state index is 12.4. The number of hydrogen-bond acceptors (Lipinski definition) is 4. The first-order valence-electron chi connectivity index (χ1n) is 8.84. The number of aromatic nitrogens is 1. The van der Waals surface area contributed by atoms with E-state index in [0.29, 0.717) is 21.4 Å². The molecule has 7 heteroatoms. The summed E-state index contributed by atoms with van der Waals surface area (Å²) in [6, 6.07) is 18.8. The number of amides is 1. The van der Waals surface area contributed by atoms with Crippen LogP contribution in [0.4, 0.5) is 5.69 Å². The number of carbonyl (C=O) groups is 1. The van der Waals surface area contributed by atoms with E-state index in [1.807, 2.05) is 67.6 Å². The first-order valence-corrected chi connectivity index (χ1v) is 11.4. The number of carbonyl (C=O) groups excluding carboxylic acids is 1. The van der Waals surface area contributed by atoms with E-state index in [1.165, 1.54) is 0 Å². The fourth-order valence-electron chi connectivity index (χ4n) is 2.76. The van der Waals surface area contributed by atoms with E-state index in [-0.39, 0.29) is 5.91 Å². The predicted octanol–water partition coefficient (Wildman–Crippen LogP) is 7.46. The Kier molecular flexibility index (Phi) is 6.11. The van der Waals surface area contributed by atoms with Crippen LogP contribution in [-0.2, 0) is 5.75 Å². The van der Waals surface area contributed by atoms with Crippen LogP contribution in [0.1, 0.15) is 21.5 Å². The summed E-state index contributed by atoms with van der Waals surface area (Å²) in [6.07, 6.45) is 0. The molecule has 0 radical (unpaired) electrons. The predicted molar refractivity (Wildman–Crippen MR) is 125 cm³/mol. The van der Waals surface area contributed by atoms with Crippen LogP contribution >= 0.6 is 46.3 Å². The van der Waals surface area contributed by atoms with Gasteiger partial charge >= 0.3 is 0 Å². The Balaban J connectivity index is 1.49. The highest BCUT2D eigenvalue weighted by Gasteiger charge is 2.11. The van der Waals surface area contributed by atoms with Crippen molar-refractivity contribution >= 4 is 68.1 Å². The third kappa shape index (κ3) is 4.75. The summed E-state index contributed by atoms with van der Waals surface area (Å²) in [5.41, 5.74) is 4.31. The summed E-state index contributed by atoms with van der Waals surface area (Å²) in [6.45, 7) is 1.99. The van der Waals surface area contributed by atoms with E-state index in [0.717, 1.165) is 31.4 Å². The summed E-state index contributed by atoms with van der Waals surface area (Å²) >= 11 is 15.7. The second-order valence-electron chi connectivity index (χ2n) is 6.47. The average Bonchev–Trinajstić information content (AvgIpc) is 3.10. The van der Waals surface area contributed by atoms with Gasteiger partial charge in [-0.1, -0.05) is 58.7 Å². The lowest BCUT2D eigenvalue weighted by atomic mass is 10.1. The second-order valence-corrected chi connectivity index (χ2v) is 9.54. The van der Waals surface area contributed by atoms with Gasteiger partial charge in [-0.25, -0.2) is 4.98 Å². The van der Waals surface area contributed by atoms with Gasteiger partial charge in [-0.05, 0) is 55.0 Å². The maximum absolute atomic E-state index is 12.4. The number of nitrogens with zero attached hydrogens (tertiary/aromatic N) is 1. The number of rotatable bonds is 5. The summed E-state index contributed by atoms with van der Waals surface area (Å²) in [5, 5.41) is 4.27. The number of thiazole rings is 1. The number of nitrogens with one attached hydrogen (secondary N) is 1. The van der Waals surface area contributed by atoms with Crippen LogP contribution in [0.15, 0.2) is 65.0 Å². The standard InChI is InChI=1S/C22H16Cl2N2OS2/c1-13-5-7-14(8-6-13)21(27)25-15-9-10-19-20(11-15)29-22(26-19)28-12-16-17(23)3-2-4-18(16)24/h2-11H,12H2,1H3,(H,25,27). The van der Waals surface area contributed by atoms with Gasteiger partial charge in [0, 0.05) is 27.0 Å². The van der Waals surface area contributed by atoms with Crippen LogP contribution in [-0.4, -0.2) is 10.9 Å². The molecule has 0 atom stereocenters. The van der Waals surface area contributed by atoms with E-state index in [1.54, 1.807) is 23.1 Å². The molecule has 0 fully saturated rings. The Morgan fingerprint density at radius 1 is 1.07 bits per heavy atom. The van der Waals surface area contributed by atoms with Gasteiger partial charge in [-0.3, -0.25) is 4.79 Å². The van der Waals surface area contributed by atoms with Gasteiger partial charge in [0.05, 0.1) is 10.2 Å². The van der Waals surface area contributed by atoms with E-state index in [9.17, 15) is 4.79 Å². The molecule has 3 aromatic carbocycles. The van der Waals surface area contributed by atoms with Crippen LogP contribution in [0.5, 0.6) is 0 Å². The monoisotopic (exact) mass is 458 g/mol. The minimum Gasteiger partial charge on any atom is -0.322 e. The Hall–Kier alpha value is -2.05. The first kappa shape index (κ1) is 20.2. The zero-order valence-corrected chi connectivity index (χ0v) is 18.6. The minimum atomic E-state index is -0.128. The molecule has 1 heterocycles. The molecule has 0 spiro atoms. The van der Waals surface area contributed by atoms with Gasteiger partial charge in [-0.2, -0.15) is 0 Å². The number of thioether (sulfide) groups is 1. The van der Waals surface area contributed by atoms with Crippen molar-refractivity contribution in [2.45, 2.75) is 17.0 Å². The van der Waals surface area contributed by atoms with Crippen LogP contribution in [0.3, 0.4) is 0 Å². The molecule has 4 aromatic rings. The Morgan fingerprint density at radius 3 is 2.52 bits per heavy atom. The molecule has 0 aliphatic carbocycles. The lowest BCUT2D eigenvalue weighted by Crippen LogP contribution is -2.11. The van der Waals surface area contributed by atoms with E-state index in [2.05, 4.69) is 10.3 Å². The third-order valence-electron chi connectivity index (χ3n) is 4.34. The Labute approximate surface area is 187 Å². The minimum absolute atomic E-state index is 0.128. The third-order valence-corrected chi connectivity index (χ3v) is 7.24. The molecule has 1 N–H and O–H groups in total. The van der Waals surface area contributed by atoms with Gasteiger partial charge in [0.15, 0.2) is 4.34 Å². The SMILES string of the molecule is Cc1ccc(C(=O)Nc2ccc3nc(SCc4c(Cl)cccc4Cl)sc3c2)cc1. The van der Waals surface area contributed by atoms with Crippen molar-refractivity contribution in [2.24, 2.45) is 0 Å². The highest BCUT2D eigenvalue weighted by atomic mass is 35.5. The van der Waals surface area contributed by atoms with Gasteiger partial charge in [-0.15, -0.1) is 11.3 Å². The van der Waals surface area contributed by atoms with Crippen molar-refractivity contribution in [3.63, 3.8) is 0 Å². The van der Waals surface area contributed by atoms with Crippen LogP contribution in [0, 0.1) is 6.92 Å². The van der Waals surface area contributed by atoms with Gasteiger partial charge in [0.2, 0.25) is 0 Å². The number of fused-ring (bicyclic) bond motifs is 1. The maximum Gasteiger partial charge on any atom is 0.255 e. The van der Waals surface area contributed by atoms with Crippen molar-refractivity contribution in [3.05, 3.63) is 87.4 Å². The topological polar surface area (TPSA) is 42.0 Å². The van der Waals surface area contributed by atoms with Crippen LogP contribution in [0.25, 0.3) is 10.2 Å². The molecule has 0 saturated carbocycles. The molecule has 0 aliphatic rings. The molecule has 1 amide bonds. The van der Waals surface area contributed by atoms with Gasteiger partial charge < -0.3 is 5.32 Å². The van der Waals surface area contributed by atoms with Crippen molar-refractivity contribution < 1.29 is 4.79 Å². The summed E-state index contributed by atoms with van der Waals surface area (Å²) < 4.78 is 1.94. The Morgan fingerprint density at radius 2 is 1.79 bits per heavy atom. The molecule has 0 bridgehead atoms. The first-order chi connectivity index (χ1) is 14.0. The quantitative estimate of drug-likeness (QED) is 0.315. The molecular weight excluding hydrogens is 443 g/mol. The molecule has 1 aromatic heterocycles. The summed E-state index contributed by atoms with van der Waals surface area (Å²) in [7, 11) is 0. The lowest BCUT2D eigenvalue weighted by molar-refractivity contribution is 0.102. The van der Waals surface area contributed by atoms with Crippen LogP contribution in [0.2, 0.25) is 10.0 Å². The fraction of sp³-hybridized carbons (Fsp3) is 0.0909. The molecule has 29 heavy (non-hydrogen) atoms.